The van der Waals surface area contributed by atoms with Crippen LogP contribution in [0.5, 0.6) is 5.75 Å². The van der Waals surface area contributed by atoms with Crippen LogP contribution in [-0.2, 0) is 13.2 Å². The second-order valence-corrected chi connectivity index (χ2v) is 5.87. The molecule has 5 heteroatoms. The maximum atomic E-state index is 5.75. The number of ether oxygens (including phenoxy) is 1. The number of benzene rings is 1. The summed E-state index contributed by atoms with van der Waals surface area (Å²) in [4.78, 5) is 8.88. The Kier molecular flexibility index (Phi) is 5.66. The summed E-state index contributed by atoms with van der Waals surface area (Å²) in [5.74, 6) is 1.74. The molecule has 1 aromatic heterocycles. The Morgan fingerprint density at radius 3 is 2.71 bits per heavy atom. The second kappa shape index (κ2) is 8.34. The molecule has 1 aromatic carbocycles. The number of nitrogens with zero attached hydrogens (tertiary/aromatic N) is 2. The largest absolute Gasteiger partial charge is 0.487 e. The van der Waals surface area contributed by atoms with E-state index in [2.05, 4.69) is 39.7 Å². The highest BCUT2D eigenvalue weighted by molar-refractivity contribution is 5.80. The Labute approximate surface area is 143 Å². The maximum absolute atomic E-state index is 5.75. The predicted molar refractivity (Wildman–Crippen MR) is 96.0 cm³/mol. The molecule has 0 bridgehead atoms. The molecule has 5 nitrogen and oxygen atoms in total. The molecule has 1 saturated carbocycles. The van der Waals surface area contributed by atoms with Gasteiger partial charge in [-0.25, -0.2) is 4.99 Å². The minimum Gasteiger partial charge on any atom is -0.487 e. The lowest BCUT2D eigenvalue weighted by atomic mass is 10.2. The van der Waals surface area contributed by atoms with Crippen molar-refractivity contribution in [2.75, 3.05) is 6.54 Å². The Morgan fingerprint density at radius 1 is 1.21 bits per heavy atom. The average molecular weight is 324 g/mol. The molecule has 0 amide bonds. The molecule has 126 valence electrons. The number of nitrogens with one attached hydrogen (secondary N) is 2. The number of guanidine groups is 1. The third-order valence-electron chi connectivity index (χ3n) is 3.72. The van der Waals surface area contributed by atoms with Crippen molar-refractivity contribution in [1.29, 1.82) is 0 Å². The van der Waals surface area contributed by atoms with Crippen LogP contribution in [0.4, 0.5) is 0 Å². The summed E-state index contributed by atoms with van der Waals surface area (Å²) < 4.78 is 5.75. The van der Waals surface area contributed by atoms with Crippen LogP contribution in [0.25, 0.3) is 0 Å². The summed E-state index contributed by atoms with van der Waals surface area (Å²) in [5, 5.41) is 6.70. The van der Waals surface area contributed by atoms with Gasteiger partial charge in [0, 0.05) is 18.8 Å². The summed E-state index contributed by atoms with van der Waals surface area (Å²) in [7, 11) is 0. The van der Waals surface area contributed by atoms with Gasteiger partial charge in [0.2, 0.25) is 0 Å². The lowest BCUT2D eigenvalue weighted by molar-refractivity contribution is 0.301. The van der Waals surface area contributed by atoms with Crippen molar-refractivity contribution in [2.24, 2.45) is 4.99 Å². The van der Waals surface area contributed by atoms with E-state index in [9.17, 15) is 0 Å². The average Bonchev–Trinajstić information content (AvgIpc) is 3.44. The van der Waals surface area contributed by atoms with Crippen LogP contribution < -0.4 is 15.4 Å². The molecular formula is C19H24N4O. The SMILES string of the molecule is CCNC(=NCc1ccc(OCc2ccccn2)cc1)NC1CC1. The van der Waals surface area contributed by atoms with Gasteiger partial charge >= 0.3 is 0 Å². The fraction of sp³-hybridized carbons (Fsp3) is 0.368. The summed E-state index contributed by atoms with van der Waals surface area (Å²) >= 11 is 0. The summed E-state index contributed by atoms with van der Waals surface area (Å²) in [6.07, 6.45) is 4.26. The van der Waals surface area contributed by atoms with Gasteiger partial charge in [-0.1, -0.05) is 18.2 Å². The molecule has 0 unspecified atom stereocenters. The zero-order valence-electron chi connectivity index (χ0n) is 14.0. The van der Waals surface area contributed by atoms with Crippen LogP contribution in [-0.4, -0.2) is 23.5 Å². The number of hydrogen-bond donors (Lipinski definition) is 2. The van der Waals surface area contributed by atoms with Crippen molar-refractivity contribution >= 4 is 5.96 Å². The van der Waals surface area contributed by atoms with Gasteiger partial charge in [-0.2, -0.15) is 0 Å². The topological polar surface area (TPSA) is 58.5 Å². The van der Waals surface area contributed by atoms with E-state index in [1.165, 1.54) is 12.8 Å². The monoisotopic (exact) mass is 324 g/mol. The predicted octanol–water partition coefficient (Wildman–Crippen LogP) is 2.88. The molecule has 0 aliphatic heterocycles. The molecule has 1 aliphatic rings. The number of hydrogen-bond acceptors (Lipinski definition) is 3. The minimum atomic E-state index is 0.480. The third-order valence-corrected chi connectivity index (χ3v) is 3.72. The summed E-state index contributed by atoms with van der Waals surface area (Å²) in [5.41, 5.74) is 2.08. The van der Waals surface area contributed by atoms with Gasteiger partial charge in [0.25, 0.3) is 0 Å². The number of aliphatic imine (C=N–C) groups is 1. The lowest BCUT2D eigenvalue weighted by Crippen LogP contribution is -2.38. The van der Waals surface area contributed by atoms with Crippen molar-refractivity contribution < 1.29 is 4.74 Å². The van der Waals surface area contributed by atoms with E-state index in [4.69, 9.17) is 4.74 Å². The molecule has 0 spiro atoms. The van der Waals surface area contributed by atoms with Gasteiger partial charge in [0.15, 0.2) is 5.96 Å². The first kappa shape index (κ1) is 16.3. The molecule has 1 heterocycles. The smallest absolute Gasteiger partial charge is 0.191 e. The lowest BCUT2D eigenvalue weighted by Gasteiger charge is -2.10. The zero-order valence-corrected chi connectivity index (χ0v) is 14.0. The second-order valence-electron chi connectivity index (χ2n) is 5.87. The molecule has 1 fully saturated rings. The van der Waals surface area contributed by atoms with Crippen molar-refractivity contribution in [2.45, 2.75) is 39.0 Å². The fourth-order valence-electron chi connectivity index (χ4n) is 2.24. The van der Waals surface area contributed by atoms with Crippen molar-refractivity contribution in [3.05, 3.63) is 59.9 Å². The number of pyridine rings is 1. The zero-order chi connectivity index (χ0) is 16.6. The summed E-state index contributed by atoms with van der Waals surface area (Å²) in [6, 6.07) is 14.5. The van der Waals surface area contributed by atoms with Crippen molar-refractivity contribution in [1.82, 2.24) is 15.6 Å². The van der Waals surface area contributed by atoms with Crippen LogP contribution in [0.3, 0.4) is 0 Å². The Balaban J connectivity index is 1.51. The first-order chi connectivity index (χ1) is 11.8. The third kappa shape index (κ3) is 5.26. The van der Waals surface area contributed by atoms with E-state index < -0.39 is 0 Å². The maximum Gasteiger partial charge on any atom is 0.191 e. The molecule has 24 heavy (non-hydrogen) atoms. The fourth-order valence-corrected chi connectivity index (χ4v) is 2.24. The first-order valence-electron chi connectivity index (χ1n) is 8.50. The molecule has 3 rings (SSSR count). The Hall–Kier alpha value is -2.56. The quantitative estimate of drug-likeness (QED) is 0.607. The minimum absolute atomic E-state index is 0.480. The van der Waals surface area contributed by atoms with Gasteiger partial charge in [-0.05, 0) is 49.6 Å². The first-order valence-corrected chi connectivity index (χ1v) is 8.50. The van der Waals surface area contributed by atoms with E-state index in [0.29, 0.717) is 19.2 Å². The molecule has 1 aliphatic carbocycles. The van der Waals surface area contributed by atoms with Crippen LogP contribution in [0.15, 0.2) is 53.7 Å². The molecule has 2 aromatic rings. The van der Waals surface area contributed by atoms with E-state index in [1.807, 2.05) is 30.3 Å². The highest BCUT2D eigenvalue weighted by Crippen LogP contribution is 2.18. The molecular weight excluding hydrogens is 300 g/mol. The Morgan fingerprint density at radius 2 is 2.04 bits per heavy atom. The van der Waals surface area contributed by atoms with Gasteiger partial charge < -0.3 is 15.4 Å². The standard InChI is InChI=1S/C19H24N4O/c1-2-20-19(23-16-8-9-16)22-13-15-6-10-18(11-7-15)24-14-17-5-3-4-12-21-17/h3-7,10-12,16H,2,8-9,13-14H2,1H3,(H2,20,22,23). The van der Waals surface area contributed by atoms with E-state index in [1.54, 1.807) is 6.20 Å². The highest BCUT2D eigenvalue weighted by Gasteiger charge is 2.21. The normalized spacial score (nSPS) is 14.3. The molecule has 0 saturated heterocycles. The van der Waals surface area contributed by atoms with Crippen LogP contribution in [0.2, 0.25) is 0 Å². The van der Waals surface area contributed by atoms with Crippen molar-refractivity contribution in [3.63, 3.8) is 0 Å². The molecule has 0 radical (unpaired) electrons. The van der Waals surface area contributed by atoms with Gasteiger partial charge in [0.1, 0.15) is 12.4 Å². The Bertz CT molecular complexity index is 651. The van der Waals surface area contributed by atoms with Gasteiger partial charge in [-0.3, -0.25) is 4.98 Å². The van der Waals surface area contributed by atoms with Crippen LogP contribution in [0.1, 0.15) is 31.0 Å². The van der Waals surface area contributed by atoms with Gasteiger partial charge in [0.05, 0.1) is 12.2 Å². The van der Waals surface area contributed by atoms with Crippen LogP contribution >= 0.6 is 0 Å². The highest BCUT2D eigenvalue weighted by atomic mass is 16.5. The van der Waals surface area contributed by atoms with Gasteiger partial charge in [-0.15, -0.1) is 0 Å². The van der Waals surface area contributed by atoms with E-state index >= 15 is 0 Å². The number of rotatable bonds is 7. The van der Waals surface area contributed by atoms with E-state index in [0.717, 1.165) is 29.5 Å². The molecule has 0 atom stereocenters. The molecule has 2 N–H and O–H groups in total. The van der Waals surface area contributed by atoms with Crippen molar-refractivity contribution in [3.8, 4) is 5.75 Å². The van der Waals surface area contributed by atoms with E-state index in [-0.39, 0.29) is 0 Å². The number of aromatic nitrogens is 1. The summed E-state index contributed by atoms with van der Waals surface area (Å²) in [6.45, 7) is 4.09. The van der Waals surface area contributed by atoms with Crippen LogP contribution in [0, 0.1) is 0 Å².